The Bertz CT molecular complexity index is 1990. The van der Waals surface area contributed by atoms with Crippen LogP contribution in [-0.2, 0) is 20.0 Å². The molecular formula is C33H33F2N7O2. The maximum absolute atomic E-state index is 14.8. The molecule has 2 aromatic carbocycles. The van der Waals surface area contributed by atoms with E-state index in [0.717, 1.165) is 53.0 Å². The molecule has 11 heteroatoms. The molecule has 1 fully saturated rings. The zero-order valence-electron chi connectivity index (χ0n) is 24.6. The molecule has 9 nitrogen and oxygen atoms in total. The number of halogens is 2. The van der Waals surface area contributed by atoms with E-state index in [1.807, 2.05) is 35.9 Å². The Morgan fingerprint density at radius 3 is 2.64 bits per heavy atom. The number of alkyl halides is 1. The summed E-state index contributed by atoms with van der Waals surface area (Å²) in [5, 5.41) is 0.928. The van der Waals surface area contributed by atoms with Crippen molar-refractivity contribution in [2.24, 2.45) is 24.4 Å². The lowest BCUT2D eigenvalue weighted by atomic mass is 9.97. The van der Waals surface area contributed by atoms with Crippen LogP contribution in [0.1, 0.15) is 44.7 Å². The molecule has 0 saturated heterocycles. The van der Waals surface area contributed by atoms with E-state index in [0.29, 0.717) is 46.8 Å². The number of nitrogens with zero attached hydrogens (tertiary/aromatic N) is 5. The summed E-state index contributed by atoms with van der Waals surface area (Å²) in [6, 6.07) is 11.8. The number of aromatic nitrogens is 4. The number of hydrogen-bond acceptors (Lipinski definition) is 5. The van der Waals surface area contributed by atoms with Gasteiger partial charge in [-0.25, -0.2) is 18.7 Å². The van der Waals surface area contributed by atoms with Gasteiger partial charge in [-0.2, -0.15) is 0 Å². The molecule has 3 aromatic heterocycles. The fourth-order valence-electron chi connectivity index (χ4n) is 6.30. The summed E-state index contributed by atoms with van der Waals surface area (Å²) >= 11 is 0. The largest absolute Gasteiger partial charge is 0.366 e. The van der Waals surface area contributed by atoms with Crippen LogP contribution in [-0.4, -0.2) is 61.6 Å². The minimum atomic E-state index is -0.811. The minimum absolute atomic E-state index is 0.145. The van der Waals surface area contributed by atoms with E-state index in [-0.39, 0.29) is 18.0 Å². The number of amides is 2. The van der Waals surface area contributed by atoms with Gasteiger partial charge in [-0.05, 0) is 85.7 Å². The van der Waals surface area contributed by atoms with Crippen molar-refractivity contribution in [1.82, 2.24) is 24.0 Å². The van der Waals surface area contributed by atoms with Crippen molar-refractivity contribution in [1.29, 1.82) is 0 Å². The molecule has 1 saturated carbocycles. The lowest BCUT2D eigenvalue weighted by molar-refractivity contribution is 0.0725. The van der Waals surface area contributed by atoms with Gasteiger partial charge < -0.3 is 25.5 Å². The monoisotopic (exact) mass is 597 g/mol. The molecule has 5 aromatic rings. The summed E-state index contributed by atoms with van der Waals surface area (Å²) in [5.74, 6) is -0.360. The van der Waals surface area contributed by atoms with Crippen molar-refractivity contribution in [2.45, 2.75) is 38.8 Å². The number of primary amides is 1. The quantitative estimate of drug-likeness (QED) is 0.272. The fraction of sp³-hybridized carbons (Fsp3) is 0.333. The second-order valence-electron chi connectivity index (χ2n) is 12.1. The maximum atomic E-state index is 14.8. The highest BCUT2D eigenvalue weighted by Crippen LogP contribution is 2.37. The van der Waals surface area contributed by atoms with Crippen LogP contribution < -0.4 is 11.5 Å². The van der Waals surface area contributed by atoms with Crippen molar-refractivity contribution in [3.63, 3.8) is 0 Å². The topological polar surface area (TPSA) is 125 Å². The number of fused-ring (bicyclic) bond motifs is 3. The van der Waals surface area contributed by atoms with Crippen LogP contribution in [0.2, 0.25) is 0 Å². The molecule has 226 valence electrons. The van der Waals surface area contributed by atoms with E-state index in [1.54, 1.807) is 11.8 Å². The highest BCUT2D eigenvalue weighted by Gasteiger charge is 2.29. The van der Waals surface area contributed by atoms with Crippen LogP contribution in [0.15, 0.2) is 42.5 Å². The molecule has 2 amide bonds. The third-order valence-corrected chi connectivity index (χ3v) is 8.89. The minimum Gasteiger partial charge on any atom is -0.366 e. The number of aryl methyl sites for hydroxylation is 2. The fourth-order valence-corrected chi connectivity index (χ4v) is 6.30. The molecule has 1 atom stereocenters. The number of carbonyl (C=O) groups excluding carboxylic acids is 2. The number of benzene rings is 2. The number of hydrogen-bond donors (Lipinski definition) is 2. The average Bonchev–Trinajstić information content (AvgIpc) is 3.69. The van der Waals surface area contributed by atoms with Crippen molar-refractivity contribution >= 4 is 33.9 Å². The van der Waals surface area contributed by atoms with Crippen LogP contribution in [0.3, 0.4) is 0 Å². The van der Waals surface area contributed by atoms with Crippen LogP contribution in [0, 0.1) is 18.7 Å². The molecule has 44 heavy (non-hydrogen) atoms. The van der Waals surface area contributed by atoms with E-state index >= 15 is 0 Å². The zero-order valence-corrected chi connectivity index (χ0v) is 24.6. The number of imidazole rings is 1. The summed E-state index contributed by atoms with van der Waals surface area (Å²) in [5.41, 5.74) is 17.7. The van der Waals surface area contributed by atoms with E-state index in [4.69, 9.17) is 21.4 Å². The highest BCUT2D eigenvalue weighted by molar-refractivity contribution is 6.01. The van der Waals surface area contributed by atoms with E-state index in [9.17, 15) is 18.4 Å². The number of pyridine rings is 1. The summed E-state index contributed by atoms with van der Waals surface area (Å²) in [6.07, 6.45) is 2.93. The predicted molar refractivity (Wildman–Crippen MR) is 164 cm³/mol. The Labute approximate surface area is 252 Å². The smallest absolute Gasteiger partial charge is 0.254 e. The summed E-state index contributed by atoms with van der Waals surface area (Å²) in [7, 11) is 1.97. The van der Waals surface area contributed by atoms with Gasteiger partial charge in [0.1, 0.15) is 18.1 Å². The number of rotatable bonds is 8. The van der Waals surface area contributed by atoms with Gasteiger partial charge in [0.25, 0.3) is 11.8 Å². The first kappa shape index (κ1) is 28.1. The highest BCUT2D eigenvalue weighted by atomic mass is 19.1. The Hall–Kier alpha value is -4.64. The SMILES string of the molecule is Cc1cc(C(N)=O)c(F)cc1-c1ccc2cc(-c3nc4cc5c(cc4n3C)CCN(C[C@H](N)CF)C5=O)n(CC3CC3)c2n1. The molecule has 1 aliphatic heterocycles. The predicted octanol–water partition coefficient (Wildman–Crippen LogP) is 4.51. The van der Waals surface area contributed by atoms with Crippen LogP contribution in [0.5, 0.6) is 0 Å². The van der Waals surface area contributed by atoms with Gasteiger partial charge in [-0.15, -0.1) is 0 Å². The second kappa shape index (κ2) is 10.5. The molecule has 4 heterocycles. The van der Waals surface area contributed by atoms with Gasteiger partial charge in [0.05, 0.1) is 34.0 Å². The van der Waals surface area contributed by atoms with E-state index in [2.05, 4.69) is 10.6 Å². The van der Waals surface area contributed by atoms with Gasteiger partial charge in [0.2, 0.25) is 0 Å². The van der Waals surface area contributed by atoms with Crippen molar-refractivity contribution in [2.75, 3.05) is 19.8 Å². The maximum Gasteiger partial charge on any atom is 0.254 e. The Balaban J connectivity index is 1.33. The first-order chi connectivity index (χ1) is 21.1. The van der Waals surface area contributed by atoms with Crippen LogP contribution in [0.25, 0.3) is 44.8 Å². The molecule has 2 aliphatic rings. The zero-order chi connectivity index (χ0) is 30.9. The van der Waals surface area contributed by atoms with Gasteiger partial charge in [-0.3, -0.25) is 9.59 Å². The lowest BCUT2D eigenvalue weighted by Crippen LogP contribution is -2.45. The normalized spacial score (nSPS) is 15.8. The first-order valence-corrected chi connectivity index (χ1v) is 14.8. The van der Waals surface area contributed by atoms with E-state index in [1.165, 1.54) is 12.1 Å². The molecule has 7 rings (SSSR count). The van der Waals surface area contributed by atoms with Crippen molar-refractivity contribution in [3.8, 4) is 22.8 Å². The van der Waals surface area contributed by atoms with Crippen LogP contribution >= 0.6 is 0 Å². The molecular weight excluding hydrogens is 564 g/mol. The Morgan fingerprint density at radius 2 is 1.91 bits per heavy atom. The molecule has 1 aliphatic carbocycles. The molecule has 0 unspecified atom stereocenters. The summed E-state index contributed by atoms with van der Waals surface area (Å²) < 4.78 is 32.0. The molecule has 4 N–H and O–H groups in total. The Kier molecular flexibility index (Phi) is 6.73. The van der Waals surface area contributed by atoms with Crippen LogP contribution in [0.4, 0.5) is 8.78 Å². The van der Waals surface area contributed by atoms with Gasteiger partial charge in [0.15, 0.2) is 5.82 Å². The van der Waals surface area contributed by atoms with E-state index < -0.39 is 24.4 Å². The van der Waals surface area contributed by atoms with Gasteiger partial charge >= 0.3 is 0 Å². The second-order valence-corrected chi connectivity index (χ2v) is 12.1. The molecule has 0 bridgehead atoms. The van der Waals surface area contributed by atoms with Gasteiger partial charge in [0, 0.05) is 43.2 Å². The third-order valence-electron chi connectivity index (χ3n) is 8.89. The van der Waals surface area contributed by atoms with Crippen molar-refractivity contribution < 1.29 is 18.4 Å². The average molecular weight is 598 g/mol. The third kappa shape index (κ3) is 4.71. The van der Waals surface area contributed by atoms with Gasteiger partial charge in [-0.1, -0.05) is 0 Å². The number of nitrogens with two attached hydrogens (primary N) is 2. The summed E-state index contributed by atoms with van der Waals surface area (Å²) in [6.45, 7) is 2.57. The number of carbonyl (C=O) groups is 2. The molecule has 0 spiro atoms. The first-order valence-electron chi connectivity index (χ1n) is 14.8. The Morgan fingerprint density at radius 1 is 1.11 bits per heavy atom. The standard InChI is InChI=1S/C33H33F2N7O2/c1-17-9-24(30(37)43)25(35)12-22(17)26-6-5-20-11-29(42(31(20)38-26)15-18-3-4-18)32-39-27-13-23-19(10-28(27)40(32)2)7-8-41(33(23)44)16-21(36)14-34/h5-6,9-13,18,21H,3-4,7-8,14-16,36H2,1-2H3,(H2,37,43)/t21-/m1/s1. The molecule has 0 radical (unpaired) electrons. The van der Waals surface area contributed by atoms with Crippen molar-refractivity contribution in [3.05, 3.63) is 70.5 Å². The summed E-state index contributed by atoms with van der Waals surface area (Å²) in [4.78, 5) is 36.6. The lowest BCUT2D eigenvalue weighted by Gasteiger charge is -2.30.